The van der Waals surface area contributed by atoms with E-state index < -0.39 is 0 Å². The summed E-state index contributed by atoms with van der Waals surface area (Å²) in [6.07, 6.45) is 5.36. The molecular formula is C23H23N5O. The first-order valence-electron chi connectivity index (χ1n) is 9.51. The molecule has 1 amide bonds. The molecule has 0 fully saturated rings. The van der Waals surface area contributed by atoms with E-state index in [1.54, 1.807) is 23.1 Å². The minimum absolute atomic E-state index is 0.161. The number of hydrogen-bond donors (Lipinski definition) is 1. The molecule has 6 nitrogen and oxygen atoms in total. The molecule has 3 heterocycles. The number of anilines is 1. The number of nitrogens with zero attached hydrogens (tertiary/aromatic N) is 4. The second-order valence-corrected chi connectivity index (χ2v) is 7.17. The smallest absolute Gasteiger partial charge is 0.258 e. The Labute approximate surface area is 169 Å². The molecule has 0 radical (unpaired) electrons. The summed E-state index contributed by atoms with van der Waals surface area (Å²) in [5.41, 5.74) is 5.90. The first-order valence-corrected chi connectivity index (χ1v) is 9.51. The van der Waals surface area contributed by atoms with E-state index in [0.29, 0.717) is 17.9 Å². The molecule has 4 rings (SSSR count). The quantitative estimate of drug-likeness (QED) is 0.557. The number of rotatable bonds is 5. The van der Waals surface area contributed by atoms with Crippen molar-refractivity contribution in [3.05, 3.63) is 95.2 Å². The highest BCUT2D eigenvalue weighted by molar-refractivity contribution is 6.05. The van der Waals surface area contributed by atoms with Crippen molar-refractivity contribution >= 4 is 11.7 Å². The van der Waals surface area contributed by atoms with Crippen molar-refractivity contribution in [2.75, 3.05) is 5.32 Å². The fraction of sp³-hybridized carbons (Fsp3) is 0.174. The molecule has 0 saturated carbocycles. The summed E-state index contributed by atoms with van der Waals surface area (Å²) in [6, 6.07) is 15.9. The second-order valence-electron chi connectivity index (χ2n) is 7.17. The molecule has 0 atom stereocenters. The molecule has 146 valence electrons. The Bertz CT molecular complexity index is 1160. The normalized spacial score (nSPS) is 10.9. The predicted octanol–water partition coefficient (Wildman–Crippen LogP) is 4.29. The number of carbonyl (C=O) groups excluding carboxylic acids is 1. The van der Waals surface area contributed by atoms with Crippen LogP contribution in [0, 0.1) is 20.8 Å². The fourth-order valence-corrected chi connectivity index (χ4v) is 3.53. The third kappa shape index (κ3) is 3.96. The standard InChI is InChI=1S/C23H23N5O/c1-16-5-4-6-20(13-16)28-17(2)14-21(18(28)3)23(29)25-22-9-12-27(26-22)15-19-7-10-24-11-8-19/h4-14H,15H2,1-3H3,(H,25,26,29). The second kappa shape index (κ2) is 7.75. The van der Waals surface area contributed by atoms with Crippen LogP contribution in [0.1, 0.15) is 32.9 Å². The maximum atomic E-state index is 12.9. The third-order valence-corrected chi connectivity index (χ3v) is 4.91. The summed E-state index contributed by atoms with van der Waals surface area (Å²) in [5.74, 6) is 0.371. The highest BCUT2D eigenvalue weighted by atomic mass is 16.1. The largest absolute Gasteiger partial charge is 0.318 e. The van der Waals surface area contributed by atoms with E-state index in [9.17, 15) is 4.79 Å². The van der Waals surface area contributed by atoms with E-state index in [4.69, 9.17) is 0 Å². The Balaban J connectivity index is 1.53. The van der Waals surface area contributed by atoms with Crippen LogP contribution in [0.15, 0.2) is 67.1 Å². The van der Waals surface area contributed by atoms with Crippen molar-refractivity contribution in [1.29, 1.82) is 0 Å². The number of benzene rings is 1. The minimum Gasteiger partial charge on any atom is -0.318 e. The number of nitrogens with one attached hydrogen (secondary N) is 1. The first kappa shape index (κ1) is 18.7. The lowest BCUT2D eigenvalue weighted by Gasteiger charge is -2.10. The fourth-order valence-electron chi connectivity index (χ4n) is 3.53. The van der Waals surface area contributed by atoms with Gasteiger partial charge in [0, 0.05) is 41.7 Å². The van der Waals surface area contributed by atoms with E-state index in [0.717, 1.165) is 22.6 Å². The Kier molecular flexibility index (Phi) is 4.99. The SMILES string of the molecule is Cc1cccc(-n2c(C)cc(C(=O)Nc3ccn(Cc4ccncc4)n3)c2C)c1. The molecule has 0 unspecified atom stereocenters. The van der Waals surface area contributed by atoms with E-state index in [1.165, 1.54) is 5.56 Å². The van der Waals surface area contributed by atoms with Gasteiger partial charge in [0.1, 0.15) is 0 Å². The van der Waals surface area contributed by atoms with Crippen LogP contribution in [0.4, 0.5) is 5.82 Å². The zero-order valence-electron chi connectivity index (χ0n) is 16.8. The summed E-state index contributed by atoms with van der Waals surface area (Å²) in [6.45, 7) is 6.66. The van der Waals surface area contributed by atoms with E-state index in [2.05, 4.69) is 45.1 Å². The lowest BCUT2D eigenvalue weighted by atomic mass is 10.2. The molecule has 0 aliphatic rings. The topological polar surface area (TPSA) is 64.7 Å². The van der Waals surface area contributed by atoms with Gasteiger partial charge < -0.3 is 9.88 Å². The Morgan fingerprint density at radius 2 is 1.83 bits per heavy atom. The first-order chi connectivity index (χ1) is 14.0. The van der Waals surface area contributed by atoms with Gasteiger partial charge in [-0.1, -0.05) is 12.1 Å². The Morgan fingerprint density at radius 3 is 2.59 bits per heavy atom. The molecule has 6 heteroatoms. The average Bonchev–Trinajstić information content (AvgIpc) is 3.26. The van der Waals surface area contributed by atoms with Crippen LogP contribution < -0.4 is 5.32 Å². The maximum Gasteiger partial charge on any atom is 0.258 e. The Morgan fingerprint density at radius 1 is 1.03 bits per heavy atom. The molecule has 4 aromatic rings. The molecule has 29 heavy (non-hydrogen) atoms. The van der Waals surface area contributed by atoms with Crippen LogP contribution in [0.2, 0.25) is 0 Å². The number of hydrogen-bond acceptors (Lipinski definition) is 3. The highest BCUT2D eigenvalue weighted by Crippen LogP contribution is 2.22. The van der Waals surface area contributed by atoms with Crippen molar-refractivity contribution in [3.8, 4) is 5.69 Å². The molecule has 0 aliphatic heterocycles. The number of carbonyl (C=O) groups is 1. The van der Waals surface area contributed by atoms with Gasteiger partial charge in [-0.15, -0.1) is 0 Å². The molecule has 0 aliphatic carbocycles. The van der Waals surface area contributed by atoms with E-state index >= 15 is 0 Å². The minimum atomic E-state index is -0.161. The predicted molar refractivity (Wildman–Crippen MR) is 113 cm³/mol. The van der Waals surface area contributed by atoms with Gasteiger partial charge in [-0.2, -0.15) is 5.10 Å². The van der Waals surface area contributed by atoms with E-state index in [1.807, 2.05) is 44.3 Å². The molecule has 0 saturated heterocycles. The van der Waals surface area contributed by atoms with Crippen LogP contribution >= 0.6 is 0 Å². The molecule has 1 aromatic carbocycles. The lowest BCUT2D eigenvalue weighted by Crippen LogP contribution is -2.14. The van der Waals surface area contributed by atoms with Gasteiger partial charge in [0.25, 0.3) is 5.91 Å². The number of aromatic nitrogens is 4. The Hall–Kier alpha value is -3.67. The third-order valence-electron chi connectivity index (χ3n) is 4.91. The lowest BCUT2D eigenvalue weighted by molar-refractivity contribution is 0.102. The molecular weight excluding hydrogens is 362 g/mol. The van der Waals surface area contributed by atoms with Gasteiger partial charge in [0.15, 0.2) is 5.82 Å². The van der Waals surface area contributed by atoms with Gasteiger partial charge in [0.05, 0.1) is 12.1 Å². The van der Waals surface area contributed by atoms with Crippen molar-refractivity contribution in [2.24, 2.45) is 0 Å². The molecule has 1 N–H and O–H groups in total. The zero-order chi connectivity index (χ0) is 20.4. The number of aryl methyl sites for hydroxylation is 2. The van der Waals surface area contributed by atoms with Crippen LogP contribution in [-0.4, -0.2) is 25.2 Å². The van der Waals surface area contributed by atoms with Crippen LogP contribution in [-0.2, 0) is 6.54 Å². The summed E-state index contributed by atoms with van der Waals surface area (Å²) in [5, 5.41) is 7.37. The summed E-state index contributed by atoms with van der Waals surface area (Å²) < 4.78 is 3.89. The van der Waals surface area contributed by atoms with Crippen LogP contribution in [0.5, 0.6) is 0 Å². The maximum absolute atomic E-state index is 12.9. The summed E-state index contributed by atoms with van der Waals surface area (Å²) in [7, 11) is 0. The molecule has 0 bridgehead atoms. The van der Waals surface area contributed by atoms with Crippen LogP contribution in [0.25, 0.3) is 5.69 Å². The van der Waals surface area contributed by atoms with Gasteiger partial charge in [-0.25, -0.2) is 0 Å². The monoisotopic (exact) mass is 385 g/mol. The number of amides is 1. The summed E-state index contributed by atoms with van der Waals surface area (Å²) in [4.78, 5) is 16.9. The van der Waals surface area contributed by atoms with Gasteiger partial charge >= 0.3 is 0 Å². The molecule has 0 spiro atoms. The van der Waals surface area contributed by atoms with Crippen molar-refractivity contribution < 1.29 is 4.79 Å². The number of pyridine rings is 1. The highest BCUT2D eigenvalue weighted by Gasteiger charge is 2.17. The van der Waals surface area contributed by atoms with Gasteiger partial charge in [-0.05, 0) is 62.2 Å². The zero-order valence-corrected chi connectivity index (χ0v) is 16.8. The van der Waals surface area contributed by atoms with Crippen molar-refractivity contribution in [2.45, 2.75) is 27.3 Å². The van der Waals surface area contributed by atoms with Crippen LogP contribution in [0.3, 0.4) is 0 Å². The van der Waals surface area contributed by atoms with Gasteiger partial charge in [0.2, 0.25) is 0 Å². The molecule has 3 aromatic heterocycles. The van der Waals surface area contributed by atoms with Crippen molar-refractivity contribution in [3.63, 3.8) is 0 Å². The average molecular weight is 385 g/mol. The van der Waals surface area contributed by atoms with Crippen molar-refractivity contribution in [1.82, 2.24) is 19.3 Å². The van der Waals surface area contributed by atoms with Gasteiger partial charge in [-0.3, -0.25) is 14.5 Å². The summed E-state index contributed by atoms with van der Waals surface area (Å²) >= 11 is 0. The van der Waals surface area contributed by atoms with E-state index in [-0.39, 0.29) is 5.91 Å².